The first-order valence-electron chi connectivity index (χ1n) is 30.6. The number of aryl methyl sites for hydroxylation is 1. The second-order valence-corrected chi connectivity index (χ2v) is 24.1. The van der Waals surface area contributed by atoms with Gasteiger partial charge in [-0.25, -0.2) is 8.78 Å². The number of ether oxygens (including phenoxy) is 2. The number of hydrogen-bond acceptors (Lipinski definition) is 19. The van der Waals surface area contributed by atoms with Crippen LogP contribution in [0.3, 0.4) is 0 Å². The number of halogens is 3. The number of methoxy groups -OCH3 is 1. The number of aromatic nitrogens is 1. The number of benzene rings is 2. The molecule has 3 fully saturated rings. The molecule has 2 aromatic carbocycles. The van der Waals surface area contributed by atoms with Crippen LogP contribution in [0, 0.1) is 3.57 Å². The number of pyridine rings is 1. The molecule has 28 nitrogen and oxygen atoms in total. The van der Waals surface area contributed by atoms with Gasteiger partial charge in [0.15, 0.2) is 0 Å². The molecule has 3 aliphatic heterocycles. The molecule has 0 spiro atoms. The number of aliphatic carboxylic acids is 3. The SMILES string of the molecule is C/N=C/[C@H]1CC(F)(F)CN1C(=O)CNC(=O)c1ccnc2ccc(OCCCN3CCN(C(=O)[C@H](CC(=O)OC)NC(=O)[C@H](CCCNC(=O)CCCc4ccc(I)cc4)NC(=O)CN4CCN(CC(=O)O)CCN(CC(=O)O)CCN(CC(=O)O)CC4)CC3)cc12. The van der Waals surface area contributed by atoms with Crippen LogP contribution in [0.5, 0.6) is 5.75 Å². The number of carboxylic acid groups (broad SMARTS) is 3. The second-order valence-electron chi connectivity index (χ2n) is 22.9. The zero-order chi connectivity index (χ0) is 66.7. The molecule has 6 rings (SSSR count). The number of amides is 6. The second kappa shape index (κ2) is 37.2. The lowest BCUT2D eigenvalue weighted by atomic mass is 10.1. The fourth-order valence-corrected chi connectivity index (χ4v) is 11.4. The lowest BCUT2D eigenvalue weighted by Gasteiger charge is -2.36. The van der Waals surface area contributed by atoms with Crippen molar-refractivity contribution in [2.75, 3.05) is 152 Å². The number of piperazine rings is 1. The van der Waals surface area contributed by atoms with Gasteiger partial charge in [-0.3, -0.25) is 82.4 Å². The standard InChI is InChI=1S/C61H84F2IN13O15/c1-65-35-44-34-61(62,63)41-77(44)53(80)36-68-58(88)46-15-17-66-48-14-13-45(32-47(46)48)92-31-5-18-71-27-29-76(30-28-71)60(90)50(33-57(87)91-2)70-59(89)49(7-4-16-67-51(78)8-3-6-42-9-11-43(64)12-10-42)69-52(79)37-72-19-21-73(38-54(81)82)23-25-75(40-56(85)86)26-24-74(22-20-72)39-55(83)84/h9-15,17,32,35,44,49-50H,3-8,16,18-31,33-34,36-41H2,1-2H3,(H,67,78)(H,68,88)(H,69,79)(H,70,89)(H,81,82)(H,83,84)(H,85,86)/b65-35+/t44-,49+,50+/m1/s1. The maximum atomic E-state index is 14.5. The molecule has 4 heterocycles. The van der Waals surface area contributed by atoms with Crippen molar-refractivity contribution < 1.29 is 81.5 Å². The monoisotopic (exact) mass is 1400 g/mol. The van der Waals surface area contributed by atoms with Crippen LogP contribution in [-0.4, -0.2) is 296 Å². The number of aliphatic imine (C=N–C) groups is 1. The van der Waals surface area contributed by atoms with Crippen molar-refractivity contribution >= 4 is 99.0 Å². The molecule has 7 N–H and O–H groups in total. The van der Waals surface area contributed by atoms with Gasteiger partial charge in [0.05, 0.1) is 76.5 Å². The topological polar surface area (TPSA) is 346 Å². The normalized spacial score (nSPS) is 18.0. The van der Waals surface area contributed by atoms with E-state index in [4.69, 9.17) is 9.47 Å². The highest BCUT2D eigenvalue weighted by Gasteiger charge is 2.46. The molecule has 92 heavy (non-hydrogen) atoms. The predicted octanol–water partition coefficient (Wildman–Crippen LogP) is 0.346. The van der Waals surface area contributed by atoms with Crippen LogP contribution >= 0.6 is 22.6 Å². The number of likely N-dealkylation sites (tertiary alicyclic amines) is 1. The van der Waals surface area contributed by atoms with Crippen molar-refractivity contribution in [2.45, 2.75) is 75.4 Å². The number of nitrogens with one attached hydrogen (secondary N) is 4. The number of alkyl halides is 2. The van der Waals surface area contributed by atoms with E-state index >= 15 is 0 Å². The summed E-state index contributed by atoms with van der Waals surface area (Å²) in [5.41, 5.74) is 1.77. The van der Waals surface area contributed by atoms with Crippen LogP contribution in [-0.2, 0) is 54.3 Å². The smallest absolute Gasteiger partial charge is 0.317 e. The van der Waals surface area contributed by atoms with Crippen LogP contribution in [0.2, 0.25) is 0 Å². The molecule has 3 aromatic rings. The number of nitrogens with zero attached hydrogens (tertiary/aromatic N) is 9. The Morgan fingerprint density at radius 1 is 0.728 bits per heavy atom. The van der Waals surface area contributed by atoms with Gasteiger partial charge in [-0.15, -0.1) is 0 Å². The molecule has 0 unspecified atom stereocenters. The summed E-state index contributed by atoms with van der Waals surface area (Å²) < 4.78 is 40.5. The van der Waals surface area contributed by atoms with Crippen LogP contribution < -0.4 is 26.0 Å². The van der Waals surface area contributed by atoms with Gasteiger partial charge in [0.2, 0.25) is 29.5 Å². The lowest BCUT2D eigenvalue weighted by Crippen LogP contribution is -2.58. The number of esters is 1. The Labute approximate surface area is 545 Å². The van der Waals surface area contributed by atoms with E-state index in [0.29, 0.717) is 55.5 Å². The zero-order valence-electron chi connectivity index (χ0n) is 51.9. The molecule has 0 aliphatic carbocycles. The number of carbonyl (C=O) groups is 10. The molecule has 3 atom stereocenters. The van der Waals surface area contributed by atoms with Crippen molar-refractivity contribution in [2.24, 2.45) is 4.99 Å². The molecule has 6 amide bonds. The first-order valence-corrected chi connectivity index (χ1v) is 31.7. The van der Waals surface area contributed by atoms with Crippen molar-refractivity contribution in [1.82, 2.24) is 60.6 Å². The van der Waals surface area contributed by atoms with Gasteiger partial charge in [0.1, 0.15) is 17.8 Å². The number of hydrogen-bond donors (Lipinski definition) is 7. The third-order valence-electron chi connectivity index (χ3n) is 15.9. The summed E-state index contributed by atoms with van der Waals surface area (Å²) in [5, 5.41) is 40.3. The van der Waals surface area contributed by atoms with Crippen molar-refractivity contribution in [1.29, 1.82) is 0 Å². The number of rotatable bonds is 31. The van der Waals surface area contributed by atoms with Crippen LogP contribution in [0.1, 0.15) is 60.9 Å². The van der Waals surface area contributed by atoms with E-state index in [1.807, 2.05) is 24.3 Å². The number of fused-ring (bicyclic) bond motifs is 1. The summed E-state index contributed by atoms with van der Waals surface area (Å²) in [7, 11) is 2.57. The average Bonchev–Trinajstić information content (AvgIpc) is 1.26. The Hall–Kier alpha value is -7.59. The van der Waals surface area contributed by atoms with Gasteiger partial charge in [-0.2, -0.15) is 0 Å². The number of carbonyl (C=O) groups excluding carboxylic acids is 7. The maximum Gasteiger partial charge on any atom is 0.317 e. The van der Waals surface area contributed by atoms with E-state index in [0.717, 1.165) is 21.1 Å². The molecule has 1 aromatic heterocycles. The van der Waals surface area contributed by atoms with Gasteiger partial charge in [0, 0.05) is 133 Å². The van der Waals surface area contributed by atoms with Crippen LogP contribution in [0.15, 0.2) is 59.7 Å². The third kappa shape index (κ3) is 25.1. The Morgan fingerprint density at radius 2 is 1.33 bits per heavy atom. The van der Waals surface area contributed by atoms with E-state index in [-0.39, 0.29) is 136 Å². The first kappa shape index (κ1) is 73.5. The molecular weight excluding hydrogens is 1320 g/mol. The Morgan fingerprint density at radius 3 is 1.91 bits per heavy atom. The third-order valence-corrected chi connectivity index (χ3v) is 16.6. The highest BCUT2D eigenvalue weighted by Crippen LogP contribution is 2.31. The van der Waals surface area contributed by atoms with Gasteiger partial charge in [0.25, 0.3) is 11.8 Å². The molecule has 504 valence electrons. The number of carboxylic acids is 3. The zero-order valence-corrected chi connectivity index (χ0v) is 54.1. The quantitative estimate of drug-likeness (QED) is 0.0198. The van der Waals surface area contributed by atoms with Gasteiger partial charge in [-0.1, -0.05) is 12.1 Å². The molecule has 3 aliphatic rings. The summed E-state index contributed by atoms with van der Waals surface area (Å²) >= 11 is 2.22. The van der Waals surface area contributed by atoms with E-state index in [9.17, 15) is 72.0 Å². The molecule has 31 heteroatoms. The van der Waals surface area contributed by atoms with Gasteiger partial charge >= 0.3 is 23.9 Å². The van der Waals surface area contributed by atoms with Gasteiger partial charge < -0.3 is 55.9 Å². The molecule has 0 saturated carbocycles. The highest BCUT2D eigenvalue weighted by atomic mass is 127. The summed E-state index contributed by atoms with van der Waals surface area (Å²) in [4.78, 5) is 150. The highest BCUT2D eigenvalue weighted by molar-refractivity contribution is 14.1. The summed E-state index contributed by atoms with van der Waals surface area (Å²) in [6.07, 6.45) is 3.91. The van der Waals surface area contributed by atoms with Crippen molar-refractivity contribution in [3.05, 3.63) is 69.4 Å². The minimum absolute atomic E-state index is 0.0162. The molecule has 0 radical (unpaired) electrons. The van der Waals surface area contributed by atoms with Crippen molar-refractivity contribution in [3.63, 3.8) is 0 Å². The van der Waals surface area contributed by atoms with E-state index in [2.05, 4.69) is 58.7 Å². The lowest BCUT2D eigenvalue weighted by molar-refractivity contribution is -0.147. The van der Waals surface area contributed by atoms with Gasteiger partial charge in [-0.05, 0) is 96.7 Å². The van der Waals surface area contributed by atoms with Crippen LogP contribution in [0.4, 0.5) is 8.78 Å². The summed E-state index contributed by atoms with van der Waals surface area (Å²) in [6, 6.07) is 10.9. The summed E-state index contributed by atoms with van der Waals surface area (Å²) in [6.45, 7) is 0.745. The predicted molar refractivity (Wildman–Crippen MR) is 340 cm³/mol. The average molecular weight is 1400 g/mol. The Balaban J connectivity index is 1.06. The largest absolute Gasteiger partial charge is 0.494 e. The minimum atomic E-state index is -3.08. The summed E-state index contributed by atoms with van der Waals surface area (Å²) in [5.74, 6) is -10.2. The van der Waals surface area contributed by atoms with Crippen LogP contribution in [0.25, 0.3) is 10.9 Å². The maximum absolute atomic E-state index is 14.5. The Bertz CT molecular complexity index is 3020. The fraction of sp³-hybridized carbons (Fsp3) is 0.574. The molecule has 0 bridgehead atoms. The Kier molecular flexibility index (Phi) is 29.7. The van der Waals surface area contributed by atoms with E-state index in [1.54, 1.807) is 37.8 Å². The fourth-order valence-electron chi connectivity index (χ4n) is 11.0. The molecule has 3 saturated heterocycles. The van der Waals surface area contributed by atoms with Crippen molar-refractivity contribution in [3.8, 4) is 5.75 Å². The van der Waals surface area contributed by atoms with E-state index in [1.165, 1.54) is 30.4 Å². The first-order chi connectivity index (χ1) is 44.0. The molecular formula is C61H84F2IN13O15. The van der Waals surface area contributed by atoms with E-state index < -0.39 is 103 Å². The minimum Gasteiger partial charge on any atom is -0.494 e.